The lowest BCUT2D eigenvalue weighted by molar-refractivity contribution is 0.570. The summed E-state index contributed by atoms with van der Waals surface area (Å²) in [6.45, 7) is 0. The van der Waals surface area contributed by atoms with Crippen molar-refractivity contribution in [2.75, 3.05) is 4.72 Å². The predicted molar refractivity (Wildman–Crippen MR) is 64.3 cm³/mol. The molecule has 0 aliphatic heterocycles. The average Bonchev–Trinajstić information content (AvgIpc) is 2.28. The summed E-state index contributed by atoms with van der Waals surface area (Å²) in [5.41, 5.74) is 0. The van der Waals surface area contributed by atoms with Gasteiger partial charge in [-0.2, -0.15) is 0 Å². The summed E-state index contributed by atoms with van der Waals surface area (Å²) in [4.78, 5) is 6.85. The van der Waals surface area contributed by atoms with Crippen LogP contribution in [0.4, 0.5) is 10.3 Å². The number of hydrogen-bond acceptors (Lipinski definition) is 4. The normalized spacial score (nSPS) is 11.2. The molecule has 1 N–H and O–H groups in total. The standard InChI is InChI=1S/C10H7ClFN3O2S/c11-9-5-6-13-10(14-9)15-18(16,17)8-4-2-1-3-7(8)12/h1-6H,(H,13,14,15). The zero-order chi connectivity index (χ0) is 13.2. The van der Waals surface area contributed by atoms with Gasteiger partial charge in [-0.25, -0.2) is 27.5 Å². The Labute approximate surface area is 108 Å². The van der Waals surface area contributed by atoms with E-state index in [0.717, 1.165) is 12.1 Å². The molecule has 0 fully saturated rings. The fraction of sp³-hybridized carbons (Fsp3) is 0. The molecule has 0 aliphatic rings. The van der Waals surface area contributed by atoms with Gasteiger partial charge in [0.1, 0.15) is 15.9 Å². The number of sulfonamides is 1. The van der Waals surface area contributed by atoms with Crippen LogP contribution < -0.4 is 4.72 Å². The van der Waals surface area contributed by atoms with Crippen LogP contribution in [0.2, 0.25) is 5.15 Å². The summed E-state index contributed by atoms with van der Waals surface area (Å²) in [5, 5.41) is 0.0798. The third-order valence-corrected chi connectivity index (χ3v) is 3.55. The van der Waals surface area contributed by atoms with Gasteiger partial charge in [-0.15, -0.1) is 0 Å². The molecule has 1 aromatic heterocycles. The van der Waals surface area contributed by atoms with Crippen molar-refractivity contribution in [1.29, 1.82) is 0 Å². The topological polar surface area (TPSA) is 72.0 Å². The van der Waals surface area contributed by atoms with Gasteiger partial charge in [0.05, 0.1) is 0 Å². The minimum Gasteiger partial charge on any atom is -0.247 e. The summed E-state index contributed by atoms with van der Waals surface area (Å²) in [5.74, 6) is -1.07. The minimum atomic E-state index is -4.07. The second kappa shape index (κ2) is 4.87. The van der Waals surface area contributed by atoms with Crippen molar-refractivity contribution in [3.63, 3.8) is 0 Å². The zero-order valence-corrected chi connectivity index (χ0v) is 10.4. The molecule has 0 radical (unpaired) electrons. The number of halogens is 2. The lowest BCUT2D eigenvalue weighted by Crippen LogP contribution is -2.16. The van der Waals surface area contributed by atoms with Gasteiger partial charge in [-0.3, -0.25) is 0 Å². The lowest BCUT2D eigenvalue weighted by atomic mass is 10.4. The van der Waals surface area contributed by atoms with Crippen LogP contribution in [0.3, 0.4) is 0 Å². The Morgan fingerprint density at radius 2 is 1.94 bits per heavy atom. The molecule has 0 bridgehead atoms. The molecular formula is C10H7ClFN3O2S. The Hall–Kier alpha value is -1.73. The van der Waals surface area contributed by atoms with E-state index in [1.165, 1.54) is 24.4 Å². The van der Waals surface area contributed by atoms with Gasteiger partial charge in [0.25, 0.3) is 10.0 Å². The van der Waals surface area contributed by atoms with Crippen molar-refractivity contribution in [2.45, 2.75) is 4.90 Å². The molecule has 0 spiro atoms. The van der Waals surface area contributed by atoms with E-state index in [2.05, 4.69) is 9.97 Å². The van der Waals surface area contributed by atoms with E-state index in [4.69, 9.17) is 11.6 Å². The molecule has 0 saturated heterocycles. The van der Waals surface area contributed by atoms with E-state index in [0.29, 0.717) is 0 Å². The van der Waals surface area contributed by atoms with E-state index in [9.17, 15) is 12.8 Å². The Bertz CT molecular complexity index is 678. The summed E-state index contributed by atoms with van der Waals surface area (Å²) < 4.78 is 39.1. The number of nitrogens with one attached hydrogen (secondary N) is 1. The van der Waals surface area contributed by atoms with Crippen LogP contribution >= 0.6 is 11.6 Å². The van der Waals surface area contributed by atoms with Crippen molar-refractivity contribution in [3.05, 3.63) is 47.5 Å². The maximum absolute atomic E-state index is 13.4. The molecule has 2 aromatic rings. The monoisotopic (exact) mass is 287 g/mol. The van der Waals surface area contributed by atoms with Crippen LogP contribution in [-0.4, -0.2) is 18.4 Å². The van der Waals surface area contributed by atoms with Crippen molar-refractivity contribution in [1.82, 2.24) is 9.97 Å². The van der Waals surface area contributed by atoms with Crippen LogP contribution in [0.25, 0.3) is 0 Å². The van der Waals surface area contributed by atoms with Crippen molar-refractivity contribution >= 4 is 27.6 Å². The highest BCUT2D eigenvalue weighted by atomic mass is 35.5. The van der Waals surface area contributed by atoms with Crippen LogP contribution in [0.5, 0.6) is 0 Å². The summed E-state index contributed by atoms with van der Waals surface area (Å²) in [6, 6.07) is 6.39. The summed E-state index contributed by atoms with van der Waals surface area (Å²) >= 11 is 5.59. The van der Waals surface area contributed by atoms with Gasteiger partial charge in [0.2, 0.25) is 5.95 Å². The Morgan fingerprint density at radius 3 is 2.61 bits per heavy atom. The van der Waals surface area contributed by atoms with Gasteiger partial charge in [-0.1, -0.05) is 23.7 Å². The van der Waals surface area contributed by atoms with Crippen molar-refractivity contribution < 1.29 is 12.8 Å². The first-order valence-corrected chi connectivity index (χ1v) is 6.61. The van der Waals surface area contributed by atoms with Crippen LogP contribution in [0.1, 0.15) is 0 Å². The molecule has 2 rings (SSSR count). The maximum atomic E-state index is 13.4. The first-order valence-electron chi connectivity index (χ1n) is 4.75. The zero-order valence-electron chi connectivity index (χ0n) is 8.84. The molecule has 8 heteroatoms. The molecule has 0 unspecified atom stereocenters. The quantitative estimate of drug-likeness (QED) is 0.877. The number of aromatic nitrogens is 2. The van der Waals surface area contributed by atoms with Crippen LogP contribution in [-0.2, 0) is 10.0 Å². The smallest absolute Gasteiger partial charge is 0.247 e. The SMILES string of the molecule is O=S(=O)(Nc1nccc(Cl)n1)c1ccccc1F. The highest BCUT2D eigenvalue weighted by Crippen LogP contribution is 2.16. The van der Waals surface area contributed by atoms with Gasteiger partial charge in [0, 0.05) is 6.20 Å². The number of benzene rings is 1. The number of rotatable bonds is 3. The van der Waals surface area contributed by atoms with E-state index in [-0.39, 0.29) is 11.1 Å². The van der Waals surface area contributed by atoms with Gasteiger partial charge in [-0.05, 0) is 18.2 Å². The molecule has 1 aromatic carbocycles. The van der Waals surface area contributed by atoms with E-state index < -0.39 is 20.7 Å². The Kier molecular flexibility index (Phi) is 3.44. The largest absolute Gasteiger partial charge is 0.267 e. The van der Waals surface area contributed by atoms with E-state index in [1.54, 1.807) is 0 Å². The third-order valence-electron chi connectivity index (χ3n) is 1.97. The summed E-state index contributed by atoms with van der Waals surface area (Å²) in [7, 11) is -4.07. The van der Waals surface area contributed by atoms with Gasteiger partial charge in [0.15, 0.2) is 0 Å². The Morgan fingerprint density at radius 1 is 1.22 bits per heavy atom. The molecule has 0 aliphatic carbocycles. The third kappa shape index (κ3) is 2.74. The molecule has 0 amide bonds. The number of anilines is 1. The van der Waals surface area contributed by atoms with Gasteiger partial charge < -0.3 is 0 Å². The average molecular weight is 288 g/mol. The molecule has 18 heavy (non-hydrogen) atoms. The second-order valence-corrected chi connectivity index (χ2v) is 5.28. The van der Waals surface area contributed by atoms with Crippen LogP contribution in [0, 0.1) is 5.82 Å². The molecular weight excluding hydrogens is 281 g/mol. The highest BCUT2D eigenvalue weighted by molar-refractivity contribution is 7.92. The highest BCUT2D eigenvalue weighted by Gasteiger charge is 2.19. The fourth-order valence-electron chi connectivity index (χ4n) is 1.22. The molecule has 1 heterocycles. The maximum Gasteiger partial charge on any atom is 0.267 e. The first-order chi connectivity index (χ1) is 8.49. The van der Waals surface area contributed by atoms with Gasteiger partial charge >= 0.3 is 0 Å². The minimum absolute atomic E-state index is 0.0798. The van der Waals surface area contributed by atoms with Crippen LogP contribution in [0.15, 0.2) is 41.4 Å². The first kappa shape index (κ1) is 12.7. The molecule has 0 atom stereocenters. The molecule has 5 nitrogen and oxygen atoms in total. The second-order valence-electron chi connectivity index (χ2n) is 3.24. The molecule has 94 valence electrons. The predicted octanol–water partition coefficient (Wildman–Crippen LogP) is 2.07. The fourth-order valence-corrected chi connectivity index (χ4v) is 2.39. The van der Waals surface area contributed by atoms with Crippen molar-refractivity contribution in [2.24, 2.45) is 0 Å². The van der Waals surface area contributed by atoms with E-state index >= 15 is 0 Å². The van der Waals surface area contributed by atoms with Crippen molar-refractivity contribution in [3.8, 4) is 0 Å². The van der Waals surface area contributed by atoms with E-state index in [1.807, 2.05) is 4.72 Å². The Balaban J connectivity index is 2.37. The number of hydrogen-bond donors (Lipinski definition) is 1. The molecule has 0 saturated carbocycles. The lowest BCUT2D eigenvalue weighted by Gasteiger charge is -2.06. The summed E-state index contributed by atoms with van der Waals surface area (Å²) in [6.07, 6.45) is 1.29. The number of nitrogens with zero attached hydrogens (tertiary/aromatic N) is 2.